The number of quaternary nitrogens is 1. The number of para-hydroxylation sites is 1. The predicted octanol–water partition coefficient (Wildman–Crippen LogP) is 1.11. The van der Waals surface area contributed by atoms with Gasteiger partial charge in [-0.3, -0.25) is 0 Å². The molecule has 0 unspecified atom stereocenters. The Hall–Kier alpha value is -1.06. The van der Waals surface area contributed by atoms with Crippen molar-refractivity contribution >= 4 is 0 Å². The molecule has 0 bridgehead atoms. The molecule has 2 N–H and O–H groups in total. The van der Waals surface area contributed by atoms with E-state index in [1.54, 1.807) is 0 Å². The fraction of sp³-hybridized carbons (Fsp3) is 0.625. The molecule has 1 atom stereocenters. The van der Waals surface area contributed by atoms with Crippen LogP contribution in [0.25, 0.3) is 0 Å². The van der Waals surface area contributed by atoms with Gasteiger partial charge >= 0.3 is 0 Å². The second-order valence-electron chi connectivity index (χ2n) is 5.70. The van der Waals surface area contributed by atoms with Gasteiger partial charge in [-0.25, -0.2) is 0 Å². The summed E-state index contributed by atoms with van der Waals surface area (Å²) in [5, 5.41) is 10.1. The molecule has 0 aliphatic carbocycles. The summed E-state index contributed by atoms with van der Waals surface area (Å²) >= 11 is 0. The molecule has 0 radical (unpaired) electrons. The van der Waals surface area contributed by atoms with Gasteiger partial charge in [0.15, 0.2) is 0 Å². The minimum absolute atomic E-state index is 0.368. The van der Waals surface area contributed by atoms with E-state index in [0.717, 1.165) is 23.4 Å². The molecule has 0 amide bonds. The molecule has 0 spiro atoms. The first kappa shape index (κ1) is 14.4. The second-order valence-corrected chi connectivity index (χ2v) is 5.70. The van der Waals surface area contributed by atoms with Crippen LogP contribution in [0.4, 0.5) is 0 Å². The van der Waals surface area contributed by atoms with E-state index in [4.69, 9.17) is 4.74 Å². The summed E-state index contributed by atoms with van der Waals surface area (Å²) in [6.45, 7) is 7.69. The van der Waals surface area contributed by atoms with Gasteiger partial charge in [0, 0.05) is 0 Å². The molecule has 0 saturated carbocycles. The minimum atomic E-state index is -0.368. The van der Waals surface area contributed by atoms with Crippen LogP contribution in [-0.2, 0) is 0 Å². The van der Waals surface area contributed by atoms with Crippen molar-refractivity contribution in [2.45, 2.75) is 39.2 Å². The number of nitrogens with one attached hydrogen (secondary N) is 1. The van der Waals surface area contributed by atoms with Gasteiger partial charge in [0.25, 0.3) is 0 Å². The molecule has 1 aliphatic heterocycles. The SMILES string of the molecule is Cc1cccc(C)c1OC[C@@H](O)C[NH+]1CCCCC1. The number of likely N-dealkylation sites (tertiary alicyclic amines) is 1. The maximum atomic E-state index is 10.1. The number of hydrogen-bond donors (Lipinski definition) is 2. The summed E-state index contributed by atoms with van der Waals surface area (Å²) in [5.41, 5.74) is 2.27. The Morgan fingerprint density at radius 2 is 1.79 bits per heavy atom. The van der Waals surface area contributed by atoms with Gasteiger partial charge in [0.2, 0.25) is 0 Å². The third-order valence-corrected chi connectivity index (χ3v) is 3.91. The van der Waals surface area contributed by atoms with Crippen molar-refractivity contribution in [3.63, 3.8) is 0 Å². The fourth-order valence-corrected chi connectivity index (χ4v) is 2.85. The van der Waals surface area contributed by atoms with E-state index in [9.17, 15) is 5.11 Å². The Kier molecular flexibility index (Phi) is 5.23. The zero-order chi connectivity index (χ0) is 13.7. The molecule has 106 valence electrons. The second kappa shape index (κ2) is 6.92. The maximum Gasteiger partial charge on any atom is 0.137 e. The van der Waals surface area contributed by atoms with Crippen molar-refractivity contribution in [3.8, 4) is 5.75 Å². The van der Waals surface area contributed by atoms with Crippen LogP contribution in [0.5, 0.6) is 5.75 Å². The summed E-state index contributed by atoms with van der Waals surface area (Å²) in [5.74, 6) is 0.926. The Balaban J connectivity index is 1.81. The number of hydrogen-bond acceptors (Lipinski definition) is 2. The van der Waals surface area contributed by atoms with Crippen LogP contribution in [0.3, 0.4) is 0 Å². The maximum absolute atomic E-state index is 10.1. The van der Waals surface area contributed by atoms with E-state index in [0.29, 0.717) is 6.61 Å². The average molecular weight is 264 g/mol. The van der Waals surface area contributed by atoms with Crippen LogP contribution >= 0.6 is 0 Å². The molecule has 1 aliphatic rings. The summed E-state index contributed by atoms with van der Waals surface area (Å²) in [6.07, 6.45) is 3.56. The van der Waals surface area contributed by atoms with Gasteiger partial charge < -0.3 is 14.7 Å². The minimum Gasteiger partial charge on any atom is -0.490 e. The van der Waals surface area contributed by atoms with Crippen molar-refractivity contribution in [1.29, 1.82) is 0 Å². The average Bonchev–Trinajstić information content (AvgIpc) is 2.39. The number of aliphatic hydroxyl groups is 1. The van der Waals surface area contributed by atoms with Crippen LogP contribution in [-0.4, -0.2) is 37.5 Å². The van der Waals surface area contributed by atoms with Gasteiger partial charge in [-0.2, -0.15) is 0 Å². The van der Waals surface area contributed by atoms with Crippen LogP contribution in [0.15, 0.2) is 18.2 Å². The molecule has 3 nitrogen and oxygen atoms in total. The number of rotatable bonds is 5. The number of benzene rings is 1. The van der Waals surface area contributed by atoms with E-state index in [2.05, 4.69) is 0 Å². The molecule has 1 fully saturated rings. The molecule has 2 rings (SSSR count). The first-order chi connectivity index (χ1) is 9.16. The first-order valence-electron chi connectivity index (χ1n) is 7.37. The van der Waals surface area contributed by atoms with Crippen LogP contribution in [0.2, 0.25) is 0 Å². The largest absolute Gasteiger partial charge is 0.490 e. The molecule has 1 saturated heterocycles. The molecular weight excluding hydrogens is 238 g/mol. The highest BCUT2D eigenvalue weighted by molar-refractivity contribution is 5.39. The van der Waals surface area contributed by atoms with Gasteiger partial charge in [-0.05, 0) is 44.2 Å². The lowest BCUT2D eigenvalue weighted by atomic mass is 10.1. The Labute approximate surface area is 116 Å². The highest BCUT2D eigenvalue weighted by atomic mass is 16.5. The standard InChI is InChI=1S/C16H25NO2/c1-13-7-6-8-14(2)16(13)19-12-15(18)11-17-9-4-3-5-10-17/h6-8,15,18H,3-5,9-12H2,1-2H3/p+1/t15-/m0/s1. The molecule has 3 heteroatoms. The lowest BCUT2D eigenvalue weighted by Crippen LogP contribution is -3.14. The zero-order valence-corrected chi connectivity index (χ0v) is 12.1. The summed E-state index contributed by atoms with van der Waals surface area (Å²) in [4.78, 5) is 1.52. The monoisotopic (exact) mass is 264 g/mol. The molecule has 1 aromatic carbocycles. The Morgan fingerprint density at radius 3 is 2.42 bits per heavy atom. The fourth-order valence-electron chi connectivity index (χ4n) is 2.85. The van der Waals surface area contributed by atoms with E-state index in [-0.39, 0.29) is 6.10 Å². The predicted molar refractivity (Wildman–Crippen MR) is 76.8 cm³/mol. The third kappa shape index (κ3) is 4.22. The smallest absolute Gasteiger partial charge is 0.137 e. The van der Waals surface area contributed by atoms with E-state index in [1.807, 2.05) is 32.0 Å². The van der Waals surface area contributed by atoms with E-state index >= 15 is 0 Å². The summed E-state index contributed by atoms with van der Waals surface area (Å²) in [6, 6.07) is 6.13. The molecule has 1 aromatic rings. The van der Waals surface area contributed by atoms with Crippen molar-refractivity contribution in [2.24, 2.45) is 0 Å². The van der Waals surface area contributed by atoms with Crippen LogP contribution < -0.4 is 9.64 Å². The third-order valence-electron chi connectivity index (χ3n) is 3.91. The van der Waals surface area contributed by atoms with Crippen molar-refractivity contribution < 1.29 is 14.7 Å². The van der Waals surface area contributed by atoms with Crippen LogP contribution in [0, 0.1) is 13.8 Å². The molecule has 1 heterocycles. The van der Waals surface area contributed by atoms with Gasteiger partial charge in [0.1, 0.15) is 25.0 Å². The van der Waals surface area contributed by atoms with Crippen molar-refractivity contribution in [2.75, 3.05) is 26.2 Å². The molecular formula is C16H26NO2+. The lowest BCUT2D eigenvalue weighted by molar-refractivity contribution is -0.908. The van der Waals surface area contributed by atoms with Gasteiger partial charge in [0.05, 0.1) is 13.1 Å². The number of ether oxygens (including phenoxy) is 1. The van der Waals surface area contributed by atoms with Gasteiger partial charge in [-0.15, -0.1) is 0 Å². The quantitative estimate of drug-likeness (QED) is 0.835. The number of aryl methyl sites for hydroxylation is 2. The normalized spacial score (nSPS) is 18.3. The van der Waals surface area contributed by atoms with Gasteiger partial charge in [-0.1, -0.05) is 18.2 Å². The number of piperidine rings is 1. The van der Waals surface area contributed by atoms with Crippen molar-refractivity contribution in [1.82, 2.24) is 0 Å². The highest BCUT2D eigenvalue weighted by Gasteiger charge is 2.18. The topological polar surface area (TPSA) is 33.9 Å². The van der Waals surface area contributed by atoms with Crippen molar-refractivity contribution in [3.05, 3.63) is 29.3 Å². The van der Waals surface area contributed by atoms with Crippen LogP contribution in [0.1, 0.15) is 30.4 Å². The van der Waals surface area contributed by atoms with E-state index < -0.39 is 0 Å². The highest BCUT2D eigenvalue weighted by Crippen LogP contribution is 2.22. The van der Waals surface area contributed by atoms with E-state index in [1.165, 1.54) is 37.3 Å². The first-order valence-corrected chi connectivity index (χ1v) is 7.37. The number of aliphatic hydroxyl groups excluding tert-OH is 1. The zero-order valence-electron chi connectivity index (χ0n) is 12.1. The summed E-state index contributed by atoms with van der Waals surface area (Å²) < 4.78 is 5.81. The lowest BCUT2D eigenvalue weighted by Gasteiger charge is -2.25. The Morgan fingerprint density at radius 1 is 1.16 bits per heavy atom. The Bertz CT molecular complexity index is 379. The molecule has 0 aromatic heterocycles. The molecule has 19 heavy (non-hydrogen) atoms. The summed E-state index contributed by atoms with van der Waals surface area (Å²) in [7, 11) is 0.